The van der Waals surface area contributed by atoms with Crippen LogP contribution in [0.15, 0.2) is 18.2 Å². The van der Waals surface area contributed by atoms with Crippen molar-refractivity contribution in [2.75, 3.05) is 6.61 Å². The average Bonchev–Trinajstić information content (AvgIpc) is 2.64. The predicted molar refractivity (Wildman–Crippen MR) is 102 cm³/mol. The van der Waals surface area contributed by atoms with Gasteiger partial charge in [0.05, 0.1) is 4.92 Å². The van der Waals surface area contributed by atoms with E-state index in [2.05, 4.69) is 10.6 Å². The Bertz CT molecular complexity index is 832. The molecule has 2 N–H and O–H groups in total. The minimum atomic E-state index is -0.694. The van der Waals surface area contributed by atoms with Gasteiger partial charge >= 0.3 is 11.7 Å². The highest BCUT2D eigenvalue weighted by atomic mass is 16.6. The van der Waals surface area contributed by atoms with Gasteiger partial charge in [0.15, 0.2) is 12.4 Å². The number of aldehydes is 1. The minimum absolute atomic E-state index is 0.128. The maximum absolute atomic E-state index is 12.4. The molecule has 0 saturated heterocycles. The Labute approximate surface area is 167 Å². The lowest BCUT2D eigenvalue weighted by atomic mass is 9.53. The number of benzene rings is 1. The second kappa shape index (κ2) is 7.46. The first-order valence-electron chi connectivity index (χ1n) is 9.84. The summed E-state index contributed by atoms with van der Waals surface area (Å²) in [6, 6.07) is 3.13. The minimum Gasteiger partial charge on any atom is -0.477 e. The van der Waals surface area contributed by atoms with E-state index in [1.807, 2.05) is 0 Å². The van der Waals surface area contributed by atoms with E-state index >= 15 is 0 Å². The first-order chi connectivity index (χ1) is 13.9. The Hall–Kier alpha value is -2.97. The molecule has 9 nitrogen and oxygen atoms in total. The Balaban J connectivity index is 1.32. The van der Waals surface area contributed by atoms with E-state index in [0.717, 1.165) is 25.3 Å². The fourth-order valence-electron chi connectivity index (χ4n) is 5.71. The van der Waals surface area contributed by atoms with E-state index < -0.39 is 29.2 Å². The van der Waals surface area contributed by atoms with Crippen LogP contribution in [0.4, 0.5) is 10.5 Å². The zero-order chi connectivity index (χ0) is 20.6. The number of amides is 3. The molecule has 0 radical (unpaired) electrons. The van der Waals surface area contributed by atoms with Gasteiger partial charge in [-0.1, -0.05) is 0 Å². The summed E-state index contributed by atoms with van der Waals surface area (Å²) < 4.78 is 5.20. The number of carbonyl (C=O) groups excluding carboxylic acids is 3. The molecule has 9 heteroatoms. The molecule has 1 aromatic rings. The van der Waals surface area contributed by atoms with E-state index in [0.29, 0.717) is 24.0 Å². The van der Waals surface area contributed by atoms with Crippen molar-refractivity contribution in [3.8, 4) is 5.75 Å². The number of nitrogens with one attached hydrogen (secondary N) is 2. The first kappa shape index (κ1) is 19.4. The number of carbonyl (C=O) groups is 3. The number of nitro benzene ring substituents is 1. The Morgan fingerprint density at radius 2 is 1.79 bits per heavy atom. The van der Waals surface area contributed by atoms with Crippen LogP contribution in [-0.4, -0.2) is 35.3 Å². The number of hydrogen-bond acceptors (Lipinski definition) is 6. The predicted octanol–water partition coefficient (Wildman–Crippen LogP) is 2.58. The van der Waals surface area contributed by atoms with Crippen LogP contribution in [-0.2, 0) is 4.79 Å². The van der Waals surface area contributed by atoms with Gasteiger partial charge in [-0.25, -0.2) is 4.79 Å². The number of imide groups is 1. The van der Waals surface area contributed by atoms with Gasteiger partial charge in [-0.2, -0.15) is 0 Å². The molecule has 3 amide bonds. The van der Waals surface area contributed by atoms with Crippen molar-refractivity contribution in [1.82, 2.24) is 10.6 Å². The molecule has 0 aliphatic heterocycles. The zero-order valence-corrected chi connectivity index (χ0v) is 15.9. The van der Waals surface area contributed by atoms with Crippen LogP contribution in [0.25, 0.3) is 0 Å². The summed E-state index contributed by atoms with van der Waals surface area (Å²) in [5.74, 6) is 1.15. The molecule has 154 valence electrons. The summed E-state index contributed by atoms with van der Waals surface area (Å²) in [7, 11) is 0. The highest BCUT2D eigenvalue weighted by Crippen LogP contribution is 2.55. The fraction of sp³-hybridized carbons (Fsp3) is 0.550. The van der Waals surface area contributed by atoms with Crippen LogP contribution < -0.4 is 15.4 Å². The highest BCUT2D eigenvalue weighted by Gasteiger charge is 2.51. The van der Waals surface area contributed by atoms with Gasteiger partial charge < -0.3 is 10.1 Å². The third kappa shape index (κ3) is 4.08. The van der Waals surface area contributed by atoms with Gasteiger partial charge in [0.2, 0.25) is 0 Å². The molecule has 0 atom stereocenters. The smallest absolute Gasteiger partial charge is 0.321 e. The van der Waals surface area contributed by atoms with Crippen LogP contribution in [0.5, 0.6) is 5.75 Å². The van der Waals surface area contributed by atoms with Gasteiger partial charge in [-0.3, -0.25) is 25.0 Å². The van der Waals surface area contributed by atoms with Crippen molar-refractivity contribution in [2.45, 2.75) is 44.1 Å². The molecule has 0 aromatic heterocycles. The molecule has 1 aromatic carbocycles. The molecule has 0 unspecified atom stereocenters. The Morgan fingerprint density at radius 3 is 2.34 bits per heavy atom. The SMILES string of the molecule is O=Cc1ccc(OCC(=O)NC(=O)NC23CC4CC(CC(C4)C2)C3)c([N+](=O)[O-])c1. The number of nitro groups is 1. The lowest BCUT2D eigenvalue weighted by molar-refractivity contribution is -0.385. The van der Waals surface area contributed by atoms with Crippen molar-refractivity contribution < 1.29 is 24.0 Å². The van der Waals surface area contributed by atoms with Crippen molar-refractivity contribution in [3.63, 3.8) is 0 Å². The molecular formula is C20H23N3O6. The van der Waals surface area contributed by atoms with Gasteiger partial charge in [-0.05, 0) is 68.4 Å². The number of ether oxygens (including phenoxy) is 1. The first-order valence-corrected chi connectivity index (χ1v) is 9.84. The standard InChI is InChI=1S/C20H23N3O6/c24-10-12-1-2-17(16(6-12)23(27)28)29-11-18(25)21-19(26)22-20-7-13-3-14(8-20)5-15(4-13)9-20/h1-2,6,10,13-15H,3-5,7-9,11H2,(H2,21,22,25,26). The van der Waals surface area contributed by atoms with Crippen LogP contribution in [0.2, 0.25) is 0 Å². The van der Waals surface area contributed by atoms with Crippen LogP contribution in [0.1, 0.15) is 48.9 Å². The van der Waals surface area contributed by atoms with Crippen LogP contribution >= 0.6 is 0 Å². The Kier molecular flexibility index (Phi) is 4.97. The molecule has 5 rings (SSSR count). The Morgan fingerprint density at radius 1 is 1.17 bits per heavy atom. The molecule has 4 bridgehead atoms. The van der Waals surface area contributed by atoms with E-state index in [1.54, 1.807) is 0 Å². The highest BCUT2D eigenvalue weighted by molar-refractivity contribution is 5.95. The van der Waals surface area contributed by atoms with Crippen molar-refractivity contribution >= 4 is 23.9 Å². The summed E-state index contributed by atoms with van der Waals surface area (Å²) in [4.78, 5) is 45.6. The maximum Gasteiger partial charge on any atom is 0.321 e. The van der Waals surface area contributed by atoms with E-state index in [4.69, 9.17) is 4.74 Å². The maximum atomic E-state index is 12.4. The molecular weight excluding hydrogens is 378 g/mol. The van der Waals surface area contributed by atoms with E-state index in [-0.39, 0.29) is 16.9 Å². The monoisotopic (exact) mass is 401 g/mol. The van der Waals surface area contributed by atoms with Crippen molar-refractivity contribution in [3.05, 3.63) is 33.9 Å². The lowest BCUT2D eigenvalue weighted by Gasteiger charge is -2.56. The quantitative estimate of drug-likeness (QED) is 0.428. The molecule has 4 saturated carbocycles. The second-order valence-corrected chi connectivity index (χ2v) is 8.59. The summed E-state index contributed by atoms with van der Waals surface area (Å²) >= 11 is 0. The molecule has 4 aliphatic rings. The third-order valence-electron chi connectivity index (χ3n) is 6.34. The van der Waals surface area contributed by atoms with Crippen molar-refractivity contribution in [2.24, 2.45) is 17.8 Å². The number of hydrogen-bond donors (Lipinski definition) is 2. The zero-order valence-electron chi connectivity index (χ0n) is 15.9. The third-order valence-corrected chi connectivity index (χ3v) is 6.34. The second-order valence-electron chi connectivity index (χ2n) is 8.59. The number of nitrogens with zero attached hydrogens (tertiary/aromatic N) is 1. The van der Waals surface area contributed by atoms with Gasteiger partial charge in [0, 0.05) is 17.2 Å². The van der Waals surface area contributed by atoms with Gasteiger partial charge in [0.1, 0.15) is 6.29 Å². The summed E-state index contributed by atoms with van der Waals surface area (Å²) in [6.07, 6.45) is 7.12. The largest absolute Gasteiger partial charge is 0.477 e. The normalized spacial score (nSPS) is 29.2. The van der Waals surface area contributed by atoms with Gasteiger partial charge in [0.25, 0.3) is 5.91 Å². The summed E-state index contributed by atoms with van der Waals surface area (Å²) in [6.45, 7) is -0.546. The van der Waals surface area contributed by atoms with E-state index in [9.17, 15) is 24.5 Å². The topological polar surface area (TPSA) is 128 Å². The molecule has 0 heterocycles. The average molecular weight is 401 g/mol. The molecule has 29 heavy (non-hydrogen) atoms. The van der Waals surface area contributed by atoms with Crippen LogP contribution in [0, 0.1) is 27.9 Å². The molecule has 4 fully saturated rings. The van der Waals surface area contributed by atoms with Crippen LogP contribution in [0.3, 0.4) is 0 Å². The molecule has 4 aliphatic carbocycles. The molecule has 0 spiro atoms. The lowest BCUT2D eigenvalue weighted by Crippen LogP contribution is -2.62. The fourth-order valence-corrected chi connectivity index (χ4v) is 5.71. The van der Waals surface area contributed by atoms with Crippen molar-refractivity contribution in [1.29, 1.82) is 0 Å². The summed E-state index contributed by atoms with van der Waals surface area (Å²) in [5, 5.41) is 16.4. The van der Waals surface area contributed by atoms with Gasteiger partial charge in [-0.15, -0.1) is 0 Å². The van der Waals surface area contributed by atoms with E-state index in [1.165, 1.54) is 31.4 Å². The summed E-state index contributed by atoms with van der Waals surface area (Å²) in [5.41, 5.74) is -0.507. The number of rotatable bonds is 6. The number of urea groups is 1.